The summed E-state index contributed by atoms with van der Waals surface area (Å²) in [6.07, 6.45) is -0.958. The second kappa shape index (κ2) is 9.42. The average Bonchev–Trinajstić information content (AvgIpc) is 3.25. The number of likely N-dealkylation sites (N-methyl/N-ethyl adjacent to an activating group) is 1. The van der Waals surface area contributed by atoms with Crippen LogP contribution < -0.4 is 10.0 Å². The molecule has 1 aromatic carbocycles. The van der Waals surface area contributed by atoms with Crippen molar-refractivity contribution in [2.45, 2.75) is 87.6 Å². The summed E-state index contributed by atoms with van der Waals surface area (Å²) in [5, 5.41) is 57.8. The lowest BCUT2D eigenvalue weighted by Crippen LogP contribution is -2.83. The third kappa shape index (κ3) is 3.35. The van der Waals surface area contributed by atoms with Crippen molar-refractivity contribution >= 4 is 33.6 Å². The highest BCUT2D eigenvalue weighted by atomic mass is 79.9. The molecule has 1 saturated carbocycles. The van der Waals surface area contributed by atoms with Gasteiger partial charge in [0, 0.05) is 41.9 Å². The summed E-state index contributed by atoms with van der Waals surface area (Å²) in [4.78, 5) is 21.9. The number of carbonyl (C=O) groups excluding carboxylic acids is 1. The number of halogens is 1. The Morgan fingerprint density at radius 2 is 1.89 bits per heavy atom. The molecule has 10 nitrogen and oxygen atoms in total. The predicted octanol–water partition coefficient (Wildman–Crippen LogP) is -0.215. The Bertz CT molecular complexity index is 1120. The smallest absolute Gasteiger partial charge is 0.335 e. The van der Waals surface area contributed by atoms with E-state index in [9.17, 15) is 24.9 Å². The lowest BCUT2D eigenvalue weighted by molar-refractivity contribution is -1.04. The zero-order chi connectivity index (χ0) is 27.9. The molecule has 0 radical (unpaired) electrons. The van der Waals surface area contributed by atoms with Crippen molar-refractivity contribution in [1.82, 2.24) is 0 Å². The lowest BCUT2D eigenvalue weighted by Gasteiger charge is -2.68. The molecule has 11 heteroatoms. The van der Waals surface area contributed by atoms with E-state index < -0.39 is 24.1 Å². The highest BCUT2D eigenvalue weighted by molar-refractivity contribution is 9.10. The van der Waals surface area contributed by atoms with Crippen LogP contribution >= 0.6 is 15.9 Å². The van der Waals surface area contributed by atoms with Gasteiger partial charge in [-0.3, -0.25) is 4.48 Å². The molecule has 5 aliphatic heterocycles. The molecule has 5 N–H and O–H groups in total. The summed E-state index contributed by atoms with van der Waals surface area (Å²) in [5.41, 5.74) is 2.47. The Hall–Kier alpha value is -1.76. The number of hydrogen-bond donors (Lipinski definition) is 5. The van der Waals surface area contributed by atoms with Gasteiger partial charge in [-0.2, -0.15) is 0 Å². The number of carboxylic acids is 2. The number of carbonyl (C=O) groups is 2. The van der Waals surface area contributed by atoms with Gasteiger partial charge in [0.05, 0.1) is 36.1 Å². The molecule has 5 unspecified atom stereocenters. The summed E-state index contributed by atoms with van der Waals surface area (Å²) in [7, 11) is 2.23. The molecule has 4 saturated heterocycles. The molecule has 5 fully saturated rings. The van der Waals surface area contributed by atoms with Gasteiger partial charge in [-0.05, 0) is 42.5 Å². The number of benzene rings is 1. The molecule has 1 spiro atoms. The topological polar surface area (TPSA) is 162 Å². The van der Waals surface area contributed by atoms with Crippen LogP contribution in [0.2, 0.25) is 0 Å². The fourth-order valence-corrected chi connectivity index (χ4v) is 9.87. The average molecular weight is 598 g/mol. The Morgan fingerprint density at radius 3 is 2.45 bits per heavy atom. The Kier molecular flexibility index (Phi) is 6.89. The van der Waals surface area contributed by atoms with Gasteiger partial charge in [0.1, 0.15) is 12.1 Å². The summed E-state index contributed by atoms with van der Waals surface area (Å²) >= 11 is 3.69. The first-order chi connectivity index (χ1) is 17.9. The van der Waals surface area contributed by atoms with Crippen LogP contribution in [0.15, 0.2) is 22.7 Å². The summed E-state index contributed by atoms with van der Waals surface area (Å²) in [5.74, 6) is -2.69. The van der Waals surface area contributed by atoms with Gasteiger partial charge in [0.15, 0.2) is 12.3 Å². The zero-order valence-electron chi connectivity index (χ0n) is 21.8. The summed E-state index contributed by atoms with van der Waals surface area (Å²) in [6.45, 7) is 5.54. The van der Waals surface area contributed by atoms with E-state index in [1.165, 1.54) is 17.7 Å². The number of fused-ring (bicyclic) bond motifs is 2. The maximum atomic E-state index is 12.0. The predicted molar refractivity (Wildman–Crippen MR) is 138 cm³/mol. The molecule has 0 amide bonds. The second-order valence-electron chi connectivity index (χ2n) is 11.8. The van der Waals surface area contributed by atoms with Crippen molar-refractivity contribution in [1.29, 1.82) is 0 Å². The molecule has 210 valence electrons. The van der Waals surface area contributed by atoms with Gasteiger partial charge >= 0.3 is 5.97 Å². The maximum absolute atomic E-state index is 12.0. The van der Waals surface area contributed by atoms with E-state index >= 15 is 0 Å². The fourth-order valence-electron chi connectivity index (χ4n) is 9.51. The monoisotopic (exact) mass is 596 g/mol. The molecule has 1 aliphatic carbocycles. The van der Waals surface area contributed by atoms with Crippen molar-refractivity contribution in [3.05, 3.63) is 28.2 Å². The number of aliphatic hydroxyl groups excluding tert-OH is 4. The normalized spacial score (nSPS) is 42.7. The minimum Gasteiger partial charge on any atom is -0.547 e. The number of nitrogens with zero attached hydrogens (tertiary/aromatic N) is 2. The quantitative estimate of drug-likeness (QED) is 0.280. The molecular formula is C27H37BrN2O8. The third-order valence-electron chi connectivity index (χ3n) is 10.6. The Morgan fingerprint density at radius 1 is 1.21 bits per heavy atom. The molecule has 5 heterocycles. The molecule has 5 bridgehead atoms. The van der Waals surface area contributed by atoms with E-state index in [-0.39, 0.29) is 23.8 Å². The number of hydrogen-bond acceptors (Lipinski definition) is 8. The number of rotatable bonds is 6. The lowest BCUT2D eigenvalue weighted by atomic mass is 9.60. The van der Waals surface area contributed by atoms with Gasteiger partial charge < -0.3 is 40.3 Å². The molecule has 38 heavy (non-hydrogen) atoms. The van der Waals surface area contributed by atoms with Crippen molar-refractivity contribution in [3.8, 4) is 0 Å². The third-order valence-corrected chi connectivity index (χ3v) is 11.1. The number of carboxylic acid groups (broad SMARTS) is 2. The van der Waals surface area contributed by atoms with E-state index in [1.807, 2.05) is 0 Å². The van der Waals surface area contributed by atoms with Crippen LogP contribution in [0.25, 0.3) is 0 Å². The largest absolute Gasteiger partial charge is 0.547 e. The Labute approximate surface area is 230 Å². The first kappa shape index (κ1) is 27.8. The van der Waals surface area contributed by atoms with Gasteiger partial charge in [0.25, 0.3) is 0 Å². The highest BCUT2D eigenvalue weighted by Gasteiger charge is 2.82. The van der Waals surface area contributed by atoms with Crippen LogP contribution in [0.5, 0.6) is 0 Å². The molecule has 12 atom stereocenters. The number of piperidine rings is 4. The Balaban J connectivity index is 0.000000253. The van der Waals surface area contributed by atoms with Crippen LogP contribution in [0, 0.1) is 17.8 Å². The van der Waals surface area contributed by atoms with Crippen LogP contribution in [-0.2, 0) is 15.0 Å². The minimum atomic E-state index is -2.38. The first-order valence-corrected chi connectivity index (χ1v) is 14.2. The van der Waals surface area contributed by atoms with E-state index in [0.29, 0.717) is 29.8 Å². The van der Waals surface area contributed by atoms with Gasteiger partial charge in [-0.1, -0.05) is 29.8 Å². The number of aliphatic carboxylic acids is 2. The summed E-state index contributed by atoms with van der Waals surface area (Å²) < 4.78 is 1.97. The van der Waals surface area contributed by atoms with Gasteiger partial charge in [-0.25, -0.2) is 4.79 Å². The van der Waals surface area contributed by atoms with Gasteiger partial charge in [-0.15, -0.1) is 0 Å². The van der Waals surface area contributed by atoms with E-state index in [0.717, 1.165) is 34.8 Å². The highest BCUT2D eigenvalue weighted by Crippen LogP contribution is 2.71. The molecule has 1 aromatic rings. The van der Waals surface area contributed by atoms with Crippen molar-refractivity contribution in [2.24, 2.45) is 17.8 Å². The van der Waals surface area contributed by atoms with E-state index in [4.69, 9.17) is 15.3 Å². The van der Waals surface area contributed by atoms with Crippen LogP contribution in [-0.4, -0.2) is 98.2 Å². The zero-order valence-corrected chi connectivity index (χ0v) is 23.4. The SMILES string of the molecule is CCC[N+]12[C@H](O)[C@@H](CC)C3C[C@H]1[C@@H]1N(C)c4ccc(Br)cc4C14C[C@H]2C3C4O.O=C([O-])[C@H](O)[C@@H](O)C(=O)O. The van der Waals surface area contributed by atoms with Crippen molar-refractivity contribution < 1.29 is 44.7 Å². The standard InChI is InChI=1S/C23H32BrN2O2.C4H6O6/c1-4-8-26-17-10-14(13(5-2)22(26)28)19-18(26)11-23(21(19)27)15-9-12(24)6-7-16(15)25(3)20(17)23;5-1(3(7)8)2(6)4(9)10/h6-7,9,13-14,17-22,27-28H,4-5,8,10-11H2,1-3H3;1-2,5-6H,(H,7,8)(H,9,10)/q+1;/p-1/t13-,14?,17-,18-,19?,20-,21?,22+,23?,26?;1-,2-/m01/s1. The summed E-state index contributed by atoms with van der Waals surface area (Å²) in [6, 6.07) is 7.75. The van der Waals surface area contributed by atoms with E-state index in [1.54, 1.807) is 0 Å². The molecule has 7 rings (SSSR count). The first-order valence-electron chi connectivity index (χ1n) is 13.5. The molecular weight excluding hydrogens is 560 g/mol. The van der Waals surface area contributed by atoms with Crippen molar-refractivity contribution in [2.75, 3.05) is 18.5 Å². The number of quaternary nitrogens is 1. The number of aliphatic hydroxyl groups is 4. The van der Waals surface area contributed by atoms with Crippen LogP contribution in [0.4, 0.5) is 5.69 Å². The minimum absolute atomic E-state index is 0.166. The second-order valence-corrected chi connectivity index (χ2v) is 12.7. The molecule has 0 aromatic heterocycles. The van der Waals surface area contributed by atoms with E-state index in [2.05, 4.69) is 59.9 Å². The number of anilines is 1. The molecule has 6 aliphatic rings. The fraction of sp³-hybridized carbons (Fsp3) is 0.704. The van der Waals surface area contributed by atoms with Crippen LogP contribution in [0.3, 0.4) is 0 Å². The van der Waals surface area contributed by atoms with Gasteiger partial charge in [0.2, 0.25) is 0 Å². The van der Waals surface area contributed by atoms with Crippen molar-refractivity contribution in [3.63, 3.8) is 0 Å². The maximum Gasteiger partial charge on any atom is 0.335 e. The van der Waals surface area contributed by atoms with Crippen LogP contribution in [0.1, 0.15) is 45.1 Å².